The number of halogens is 1. The summed E-state index contributed by atoms with van der Waals surface area (Å²) in [5.74, 6) is -0.135. The van der Waals surface area contributed by atoms with Crippen molar-refractivity contribution in [2.24, 2.45) is 5.10 Å². The fourth-order valence-corrected chi connectivity index (χ4v) is 3.98. The zero-order chi connectivity index (χ0) is 24.6. The number of nitrogens with zero attached hydrogens (tertiary/aromatic N) is 1. The van der Waals surface area contributed by atoms with Crippen LogP contribution in [0, 0.1) is 0 Å². The highest BCUT2D eigenvalue weighted by atomic mass is 79.9. The van der Waals surface area contributed by atoms with Crippen molar-refractivity contribution in [2.45, 2.75) is 19.6 Å². The summed E-state index contributed by atoms with van der Waals surface area (Å²) in [6.45, 7) is 2.01. The number of hydrazone groups is 1. The van der Waals surface area contributed by atoms with Gasteiger partial charge in [0.1, 0.15) is 18.4 Å². The van der Waals surface area contributed by atoms with E-state index in [1.807, 2.05) is 72.8 Å². The molecule has 35 heavy (non-hydrogen) atoms. The van der Waals surface area contributed by atoms with Gasteiger partial charge in [0, 0.05) is 10.0 Å². The molecule has 0 aliphatic heterocycles. The summed E-state index contributed by atoms with van der Waals surface area (Å²) in [5.41, 5.74) is 4.77. The Morgan fingerprint density at radius 2 is 1.66 bits per heavy atom. The number of hydrogen-bond acceptors (Lipinski definition) is 4. The maximum absolute atomic E-state index is 12.6. The van der Waals surface area contributed by atoms with Gasteiger partial charge < -0.3 is 10.1 Å². The van der Waals surface area contributed by atoms with Crippen LogP contribution in [0.15, 0.2) is 101 Å². The number of hydrogen-bond donors (Lipinski definition) is 2. The summed E-state index contributed by atoms with van der Waals surface area (Å²) < 4.78 is 6.74. The molecule has 0 heterocycles. The van der Waals surface area contributed by atoms with Crippen molar-refractivity contribution in [2.75, 3.05) is 0 Å². The molecule has 0 aromatic heterocycles. The fourth-order valence-electron chi connectivity index (χ4n) is 3.51. The van der Waals surface area contributed by atoms with Crippen LogP contribution in [-0.2, 0) is 11.4 Å². The van der Waals surface area contributed by atoms with E-state index in [-0.39, 0.29) is 5.91 Å². The van der Waals surface area contributed by atoms with Crippen molar-refractivity contribution in [1.82, 2.24) is 10.7 Å². The Bertz CT molecular complexity index is 1370. The average molecular weight is 530 g/mol. The van der Waals surface area contributed by atoms with Crippen molar-refractivity contribution in [1.29, 1.82) is 0 Å². The molecule has 2 N–H and O–H groups in total. The van der Waals surface area contributed by atoms with Gasteiger partial charge in [0.15, 0.2) is 0 Å². The lowest BCUT2D eigenvalue weighted by Crippen LogP contribution is -2.43. The molecule has 0 radical (unpaired) electrons. The van der Waals surface area contributed by atoms with E-state index >= 15 is 0 Å². The van der Waals surface area contributed by atoms with Crippen molar-refractivity contribution in [3.63, 3.8) is 0 Å². The maximum Gasteiger partial charge on any atom is 0.262 e. The van der Waals surface area contributed by atoms with E-state index in [4.69, 9.17) is 4.74 Å². The highest BCUT2D eigenvalue weighted by molar-refractivity contribution is 9.10. The van der Waals surface area contributed by atoms with Gasteiger partial charge in [0.25, 0.3) is 11.8 Å². The van der Waals surface area contributed by atoms with Crippen LogP contribution in [0.2, 0.25) is 0 Å². The summed E-state index contributed by atoms with van der Waals surface area (Å²) in [7, 11) is 0. The predicted molar refractivity (Wildman–Crippen MR) is 142 cm³/mol. The number of benzene rings is 4. The van der Waals surface area contributed by atoms with Gasteiger partial charge in [0.2, 0.25) is 0 Å². The molecule has 0 fully saturated rings. The van der Waals surface area contributed by atoms with Gasteiger partial charge >= 0.3 is 0 Å². The van der Waals surface area contributed by atoms with E-state index in [0.717, 1.165) is 21.9 Å². The number of amides is 2. The minimum Gasteiger partial charge on any atom is -0.488 e. The molecule has 6 nitrogen and oxygen atoms in total. The number of nitrogens with one attached hydrogen (secondary N) is 2. The van der Waals surface area contributed by atoms with Crippen LogP contribution in [0.3, 0.4) is 0 Å². The van der Waals surface area contributed by atoms with Crippen molar-refractivity contribution in [3.05, 3.63) is 112 Å². The monoisotopic (exact) mass is 529 g/mol. The highest BCUT2D eigenvalue weighted by Crippen LogP contribution is 2.27. The van der Waals surface area contributed by atoms with Gasteiger partial charge in [0.05, 0.1) is 11.8 Å². The van der Waals surface area contributed by atoms with E-state index in [1.165, 1.54) is 0 Å². The van der Waals surface area contributed by atoms with Crippen LogP contribution < -0.4 is 15.5 Å². The van der Waals surface area contributed by atoms with Gasteiger partial charge in [-0.25, -0.2) is 5.43 Å². The van der Waals surface area contributed by atoms with E-state index < -0.39 is 11.9 Å². The molecule has 1 unspecified atom stereocenters. The Morgan fingerprint density at radius 1 is 0.943 bits per heavy atom. The number of carbonyl (C=O) groups excluding carboxylic acids is 2. The van der Waals surface area contributed by atoms with E-state index in [9.17, 15) is 9.59 Å². The van der Waals surface area contributed by atoms with Crippen molar-refractivity contribution in [3.8, 4) is 5.75 Å². The zero-order valence-corrected chi connectivity index (χ0v) is 20.7. The smallest absolute Gasteiger partial charge is 0.262 e. The molecule has 0 aliphatic rings. The summed E-state index contributed by atoms with van der Waals surface area (Å²) in [4.78, 5) is 25.0. The van der Waals surface area contributed by atoms with Gasteiger partial charge in [-0.3, -0.25) is 9.59 Å². The molecule has 0 saturated carbocycles. The SMILES string of the molecule is CC(NC(=O)c1ccccc1Br)C(=O)NN=Cc1c(OCc2ccccc2)ccc2ccccc12. The number of ether oxygens (including phenoxy) is 1. The van der Waals surface area contributed by atoms with Gasteiger partial charge in [-0.15, -0.1) is 0 Å². The standard InChI is InChI=1S/C28H24BrN3O3/c1-19(31-28(34)23-13-7-8-14-25(23)29)27(33)32-30-17-24-22-12-6-5-11-21(22)15-16-26(24)35-18-20-9-3-2-4-10-20/h2-17,19H,18H2,1H3,(H,31,34)(H,32,33). The first-order valence-corrected chi connectivity index (χ1v) is 11.9. The first-order chi connectivity index (χ1) is 17.0. The average Bonchev–Trinajstić information content (AvgIpc) is 2.88. The third kappa shape index (κ3) is 6.13. The van der Waals surface area contributed by atoms with Crippen LogP contribution in [-0.4, -0.2) is 24.1 Å². The summed E-state index contributed by atoms with van der Waals surface area (Å²) in [6, 6.07) is 27.9. The van der Waals surface area contributed by atoms with Gasteiger partial charge in [-0.2, -0.15) is 5.10 Å². The molecule has 0 saturated heterocycles. The summed E-state index contributed by atoms with van der Waals surface area (Å²) in [5, 5.41) is 8.83. The lowest BCUT2D eigenvalue weighted by molar-refractivity contribution is -0.122. The number of carbonyl (C=O) groups is 2. The van der Waals surface area contributed by atoms with Gasteiger partial charge in [-0.05, 0) is 57.4 Å². The van der Waals surface area contributed by atoms with Crippen LogP contribution in [0.25, 0.3) is 10.8 Å². The normalized spacial score (nSPS) is 11.8. The van der Waals surface area contributed by atoms with E-state index in [1.54, 1.807) is 31.3 Å². The minimum absolute atomic E-state index is 0.352. The van der Waals surface area contributed by atoms with E-state index in [0.29, 0.717) is 22.4 Å². The molecular formula is C28H24BrN3O3. The molecule has 0 spiro atoms. The second kappa shape index (κ2) is 11.4. The topological polar surface area (TPSA) is 79.8 Å². The second-order valence-electron chi connectivity index (χ2n) is 7.88. The Kier molecular flexibility index (Phi) is 7.90. The second-order valence-corrected chi connectivity index (χ2v) is 8.74. The molecule has 4 rings (SSSR count). The van der Waals surface area contributed by atoms with Crippen LogP contribution >= 0.6 is 15.9 Å². The van der Waals surface area contributed by atoms with Crippen LogP contribution in [0.4, 0.5) is 0 Å². The Morgan fingerprint density at radius 3 is 2.46 bits per heavy atom. The van der Waals surface area contributed by atoms with Crippen molar-refractivity contribution >= 4 is 44.7 Å². The lowest BCUT2D eigenvalue weighted by Gasteiger charge is -2.14. The quantitative estimate of drug-likeness (QED) is 0.235. The third-order valence-electron chi connectivity index (χ3n) is 5.40. The molecule has 4 aromatic rings. The molecule has 4 aromatic carbocycles. The molecule has 2 amide bonds. The minimum atomic E-state index is -0.784. The first-order valence-electron chi connectivity index (χ1n) is 11.1. The van der Waals surface area contributed by atoms with Gasteiger partial charge in [-0.1, -0.05) is 72.8 Å². The Labute approximate surface area is 212 Å². The predicted octanol–water partition coefficient (Wildman–Crippen LogP) is 5.45. The van der Waals surface area contributed by atoms with Crippen LogP contribution in [0.1, 0.15) is 28.4 Å². The van der Waals surface area contributed by atoms with Crippen molar-refractivity contribution < 1.29 is 14.3 Å². The molecular weight excluding hydrogens is 506 g/mol. The number of rotatable bonds is 8. The molecule has 1 atom stereocenters. The Balaban J connectivity index is 1.47. The lowest BCUT2D eigenvalue weighted by atomic mass is 10.0. The molecule has 176 valence electrons. The Hall–Kier alpha value is -3.97. The molecule has 7 heteroatoms. The highest BCUT2D eigenvalue weighted by Gasteiger charge is 2.17. The first kappa shape index (κ1) is 24.2. The third-order valence-corrected chi connectivity index (χ3v) is 6.09. The molecule has 0 aliphatic carbocycles. The fraction of sp³-hybridized carbons (Fsp3) is 0.107. The summed E-state index contributed by atoms with van der Waals surface area (Å²) >= 11 is 3.35. The van der Waals surface area contributed by atoms with E-state index in [2.05, 4.69) is 31.8 Å². The summed E-state index contributed by atoms with van der Waals surface area (Å²) in [6.07, 6.45) is 1.57. The zero-order valence-electron chi connectivity index (χ0n) is 19.1. The maximum atomic E-state index is 12.6. The van der Waals surface area contributed by atoms with Crippen LogP contribution in [0.5, 0.6) is 5.75 Å². The largest absolute Gasteiger partial charge is 0.488 e. The number of fused-ring (bicyclic) bond motifs is 1. The molecule has 0 bridgehead atoms.